The summed E-state index contributed by atoms with van der Waals surface area (Å²) in [5.74, 6) is 0. The number of nitrogens with zero attached hydrogens (tertiary/aromatic N) is 5. The Bertz CT molecular complexity index is 1090. The highest BCUT2D eigenvalue weighted by Gasteiger charge is 2.30. The molecule has 0 unspecified atom stereocenters. The topological polar surface area (TPSA) is 79.7 Å². The summed E-state index contributed by atoms with van der Waals surface area (Å²) in [6, 6.07) is 3.28. The summed E-state index contributed by atoms with van der Waals surface area (Å²) in [5, 5.41) is 6.13. The quantitative estimate of drug-likeness (QED) is 0.696. The molecule has 0 bridgehead atoms. The number of alkyl halides is 3. The number of imidazole rings is 1. The second-order valence-electron chi connectivity index (χ2n) is 6.74. The molecule has 0 spiro atoms. The summed E-state index contributed by atoms with van der Waals surface area (Å²) in [4.78, 5) is 21.9. The summed E-state index contributed by atoms with van der Waals surface area (Å²) in [6.45, 7) is 1.26. The number of fused-ring (bicyclic) bond motifs is 1. The van der Waals surface area contributed by atoms with E-state index in [2.05, 4.69) is 20.2 Å². The number of halogens is 4. The van der Waals surface area contributed by atoms with Crippen LogP contribution in [0.4, 0.5) is 18.9 Å². The van der Waals surface area contributed by atoms with Crippen molar-refractivity contribution >= 4 is 17.3 Å². The Kier molecular flexibility index (Phi) is 5.03. The first-order chi connectivity index (χ1) is 13.8. The maximum Gasteiger partial charge on any atom is 0.394 e. The molecule has 0 saturated carbocycles. The lowest BCUT2D eigenvalue weighted by Gasteiger charge is -2.29. The third-order valence-corrected chi connectivity index (χ3v) is 5.17. The average Bonchev–Trinajstić information content (AvgIpc) is 3.06. The van der Waals surface area contributed by atoms with Crippen LogP contribution >= 0.6 is 11.6 Å². The number of H-pyrrole nitrogens is 1. The van der Waals surface area contributed by atoms with Crippen molar-refractivity contribution in [2.75, 3.05) is 11.4 Å². The number of aromatic amines is 1. The Morgan fingerprint density at radius 2 is 2.10 bits per heavy atom. The minimum atomic E-state index is -4.32. The van der Waals surface area contributed by atoms with E-state index >= 15 is 0 Å². The van der Waals surface area contributed by atoms with E-state index in [4.69, 9.17) is 11.6 Å². The third kappa shape index (κ3) is 4.12. The minimum Gasteiger partial charge on any atom is -0.362 e. The molecule has 0 aliphatic carbocycles. The molecule has 11 heteroatoms. The normalized spacial score (nSPS) is 14.1. The first-order valence-corrected chi connectivity index (χ1v) is 9.20. The Labute approximate surface area is 168 Å². The predicted molar refractivity (Wildman–Crippen MR) is 99.9 cm³/mol. The van der Waals surface area contributed by atoms with E-state index in [1.807, 2.05) is 9.47 Å². The highest BCUT2D eigenvalue weighted by atomic mass is 35.5. The molecule has 0 fully saturated rings. The first kappa shape index (κ1) is 19.4. The van der Waals surface area contributed by atoms with E-state index in [9.17, 15) is 18.0 Å². The molecular formula is C18H16ClF3N6O. The van der Waals surface area contributed by atoms with Crippen LogP contribution in [0, 0.1) is 0 Å². The van der Waals surface area contributed by atoms with Gasteiger partial charge in [-0.1, -0.05) is 17.7 Å². The molecule has 3 aromatic rings. The molecule has 0 radical (unpaired) electrons. The first-order valence-electron chi connectivity index (χ1n) is 8.82. The van der Waals surface area contributed by atoms with Crippen molar-refractivity contribution in [3.63, 3.8) is 0 Å². The zero-order chi connectivity index (χ0) is 20.6. The van der Waals surface area contributed by atoms with Gasteiger partial charge in [-0.2, -0.15) is 18.3 Å². The third-order valence-electron chi connectivity index (χ3n) is 4.80. The van der Waals surface area contributed by atoms with Crippen molar-refractivity contribution in [1.29, 1.82) is 0 Å². The number of hydrogen-bond donors (Lipinski definition) is 1. The Hall–Kier alpha value is -2.88. The van der Waals surface area contributed by atoms with Gasteiger partial charge in [0, 0.05) is 24.9 Å². The van der Waals surface area contributed by atoms with Crippen LogP contribution in [0.1, 0.15) is 22.6 Å². The minimum absolute atomic E-state index is 0.0150. The number of pyridine rings is 1. The number of hydrogen-bond acceptors (Lipinski definition) is 5. The zero-order valence-corrected chi connectivity index (χ0v) is 15.8. The summed E-state index contributed by atoms with van der Waals surface area (Å²) in [6.07, 6.45) is -0.305. The number of aromatic nitrogens is 5. The SMILES string of the molecule is O=c1[nH]ncc(N2CCc3c(ncn3Cc3cccnc3CC(F)(F)F)C2)c1Cl. The fourth-order valence-electron chi connectivity index (χ4n) is 3.45. The Balaban J connectivity index is 1.57. The van der Waals surface area contributed by atoms with Crippen molar-refractivity contribution in [2.24, 2.45) is 0 Å². The van der Waals surface area contributed by atoms with Gasteiger partial charge in [0.05, 0.1) is 49.1 Å². The monoisotopic (exact) mass is 424 g/mol. The fourth-order valence-corrected chi connectivity index (χ4v) is 3.66. The Morgan fingerprint density at radius 1 is 1.28 bits per heavy atom. The molecule has 1 N–H and O–H groups in total. The van der Waals surface area contributed by atoms with Crippen LogP contribution in [0.15, 0.2) is 35.6 Å². The predicted octanol–water partition coefficient (Wildman–Crippen LogP) is 2.73. The zero-order valence-electron chi connectivity index (χ0n) is 15.1. The van der Waals surface area contributed by atoms with Crippen molar-refractivity contribution in [3.8, 4) is 0 Å². The van der Waals surface area contributed by atoms with E-state index in [0.717, 1.165) is 11.4 Å². The van der Waals surface area contributed by atoms with E-state index in [1.165, 1.54) is 12.4 Å². The molecule has 0 amide bonds. The van der Waals surface area contributed by atoms with Gasteiger partial charge in [-0.05, 0) is 11.6 Å². The van der Waals surface area contributed by atoms with Crippen LogP contribution in [-0.2, 0) is 25.9 Å². The van der Waals surface area contributed by atoms with Crippen LogP contribution < -0.4 is 10.5 Å². The maximum absolute atomic E-state index is 12.8. The molecule has 7 nitrogen and oxygen atoms in total. The lowest BCUT2D eigenvalue weighted by atomic mass is 10.1. The van der Waals surface area contributed by atoms with Gasteiger partial charge in [-0.25, -0.2) is 10.1 Å². The lowest BCUT2D eigenvalue weighted by molar-refractivity contribution is -0.128. The van der Waals surface area contributed by atoms with Crippen molar-refractivity contribution < 1.29 is 13.2 Å². The molecule has 4 rings (SSSR count). The molecule has 4 heterocycles. The van der Waals surface area contributed by atoms with E-state index < -0.39 is 18.2 Å². The number of rotatable bonds is 4. The van der Waals surface area contributed by atoms with Gasteiger partial charge in [0.25, 0.3) is 5.56 Å². The summed E-state index contributed by atoms with van der Waals surface area (Å²) in [7, 11) is 0. The number of nitrogens with one attached hydrogen (secondary N) is 1. The standard InChI is InChI=1S/C18H16ClF3N6O/c19-16-15(7-25-26-17(16)29)27-5-3-14-13(9-27)24-10-28(14)8-11-2-1-4-23-12(11)6-18(20,21)22/h1-2,4,7,10H,3,5-6,8-9H2,(H,26,29). The largest absolute Gasteiger partial charge is 0.394 e. The van der Waals surface area contributed by atoms with E-state index in [0.29, 0.717) is 30.8 Å². The van der Waals surface area contributed by atoms with Gasteiger partial charge in [0.1, 0.15) is 5.02 Å². The van der Waals surface area contributed by atoms with Crippen LogP contribution in [0.3, 0.4) is 0 Å². The lowest BCUT2D eigenvalue weighted by Crippen LogP contribution is -2.32. The summed E-state index contributed by atoms with van der Waals surface area (Å²) >= 11 is 6.09. The molecule has 0 saturated heterocycles. The molecule has 152 valence electrons. The Morgan fingerprint density at radius 3 is 2.90 bits per heavy atom. The second kappa shape index (κ2) is 7.51. The highest BCUT2D eigenvalue weighted by molar-refractivity contribution is 6.32. The van der Waals surface area contributed by atoms with Gasteiger partial charge in [-0.3, -0.25) is 9.78 Å². The van der Waals surface area contributed by atoms with Crippen LogP contribution in [-0.4, -0.2) is 37.5 Å². The van der Waals surface area contributed by atoms with Gasteiger partial charge >= 0.3 is 6.18 Å². The van der Waals surface area contributed by atoms with Gasteiger partial charge in [0.15, 0.2) is 0 Å². The summed E-state index contributed by atoms with van der Waals surface area (Å²) < 4.78 is 40.3. The maximum atomic E-state index is 12.8. The van der Waals surface area contributed by atoms with Gasteiger partial charge < -0.3 is 9.47 Å². The van der Waals surface area contributed by atoms with Gasteiger partial charge in [0.2, 0.25) is 0 Å². The van der Waals surface area contributed by atoms with Crippen LogP contribution in [0.25, 0.3) is 0 Å². The molecule has 1 aliphatic rings. The van der Waals surface area contributed by atoms with Crippen molar-refractivity contribution in [1.82, 2.24) is 24.7 Å². The van der Waals surface area contributed by atoms with Crippen LogP contribution in [0.2, 0.25) is 5.02 Å². The number of anilines is 1. The highest BCUT2D eigenvalue weighted by Crippen LogP contribution is 2.28. The second-order valence-corrected chi connectivity index (χ2v) is 7.11. The molecule has 29 heavy (non-hydrogen) atoms. The van der Waals surface area contributed by atoms with E-state index in [-0.39, 0.29) is 17.3 Å². The van der Waals surface area contributed by atoms with Crippen molar-refractivity contribution in [3.05, 3.63) is 68.9 Å². The fraction of sp³-hybridized carbons (Fsp3) is 0.333. The van der Waals surface area contributed by atoms with Crippen molar-refractivity contribution in [2.45, 2.75) is 32.1 Å². The van der Waals surface area contributed by atoms with E-state index in [1.54, 1.807) is 18.5 Å². The molecule has 3 aromatic heterocycles. The molecule has 0 atom stereocenters. The van der Waals surface area contributed by atoms with Gasteiger partial charge in [-0.15, -0.1) is 0 Å². The molecule has 1 aliphatic heterocycles. The summed E-state index contributed by atoms with van der Waals surface area (Å²) in [5.41, 5.74) is 2.31. The molecular weight excluding hydrogens is 409 g/mol. The average molecular weight is 425 g/mol. The smallest absolute Gasteiger partial charge is 0.362 e. The van der Waals surface area contributed by atoms with Crippen LogP contribution in [0.5, 0.6) is 0 Å². The molecule has 0 aromatic carbocycles.